The van der Waals surface area contributed by atoms with Gasteiger partial charge in [-0.25, -0.2) is 0 Å². The molecule has 0 saturated heterocycles. The van der Waals surface area contributed by atoms with Gasteiger partial charge in [-0.15, -0.1) is 0 Å². The molecule has 0 fully saturated rings. The Morgan fingerprint density at radius 3 is 2.07 bits per heavy atom. The van der Waals surface area contributed by atoms with E-state index in [-0.39, 0.29) is 23.9 Å². The quantitative estimate of drug-likeness (QED) is 0.733. The maximum Gasteiger partial charge on any atom is 0.239 e. The lowest BCUT2D eigenvalue weighted by Crippen LogP contribution is -2.49. The molecule has 14 heavy (non-hydrogen) atoms. The van der Waals surface area contributed by atoms with Crippen LogP contribution in [-0.2, 0) is 4.79 Å². The third-order valence-electron chi connectivity index (χ3n) is 2.75. The molecule has 0 bridgehead atoms. The van der Waals surface area contributed by atoms with Crippen LogP contribution in [0.5, 0.6) is 0 Å². The van der Waals surface area contributed by atoms with Crippen LogP contribution in [-0.4, -0.2) is 29.4 Å². The van der Waals surface area contributed by atoms with Gasteiger partial charge in [-0.3, -0.25) is 4.79 Å². The van der Waals surface area contributed by atoms with E-state index in [1.807, 2.05) is 25.7 Å². The zero-order chi connectivity index (χ0) is 11.3. The van der Waals surface area contributed by atoms with E-state index in [2.05, 4.69) is 13.8 Å². The van der Waals surface area contributed by atoms with E-state index in [1.54, 1.807) is 0 Å². The fourth-order valence-corrected chi connectivity index (χ4v) is 1.38. The Kier molecular flexibility index (Phi) is 5.77. The van der Waals surface area contributed by atoms with Crippen molar-refractivity contribution in [3.05, 3.63) is 0 Å². The number of hydrogen-bond acceptors (Lipinski definition) is 2. The molecule has 1 amide bonds. The van der Waals surface area contributed by atoms with Gasteiger partial charge in [-0.1, -0.05) is 20.8 Å². The molecule has 2 atom stereocenters. The summed E-state index contributed by atoms with van der Waals surface area (Å²) in [5.41, 5.74) is 5.84. The number of carbonyl (C=O) groups is 1. The molecular weight excluding hydrogens is 176 g/mol. The molecule has 3 heteroatoms. The van der Waals surface area contributed by atoms with Gasteiger partial charge >= 0.3 is 0 Å². The van der Waals surface area contributed by atoms with Crippen LogP contribution in [0.25, 0.3) is 0 Å². The molecule has 2 N–H and O–H groups in total. The highest BCUT2D eigenvalue weighted by Gasteiger charge is 2.24. The number of rotatable bonds is 5. The first-order valence-electron chi connectivity index (χ1n) is 5.51. The van der Waals surface area contributed by atoms with Crippen molar-refractivity contribution in [2.75, 3.05) is 6.54 Å². The van der Waals surface area contributed by atoms with Crippen molar-refractivity contribution in [1.82, 2.24) is 4.90 Å². The largest absolute Gasteiger partial charge is 0.339 e. The molecule has 0 heterocycles. The Morgan fingerprint density at radius 1 is 1.29 bits per heavy atom. The molecule has 0 radical (unpaired) electrons. The smallest absolute Gasteiger partial charge is 0.239 e. The van der Waals surface area contributed by atoms with E-state index in [0.29, 0.717) is 0 Å². The van der Waals surface area contributed by atoms with Gasteiger partial charge in [0, 0.05) is 12.6 Å². The van der Waals surface area contributed by atoms with Gasteiger partial charge in [0.25, 0.3) is 0 Å². The molecule has 3 nitrogen and oxygen atoms in total. The Bertz CT molecular complexity index is 180. The van der Waals surface area contributed by atoms with E-state index >= 15 is 0 Å². The second-order valence-corrected chi connectivity index (χ2v) is 4.15. The predicted molar refractivity (Wildman–Crippen MR) is 60.0 cm³/mol. The molecule has 0 rings (SSSR count). The number of nitrogens with two attached hydrogens (primary N) is 1. The molecule has 0 aliphatic carbocycles. The highest BCUT2D eigenvalue weighted by molar-refractivity contribution is 5.82. The van der Waals surface area contributed by atoms with Crippen LogP contribution < -0.4 is 5.73 Å². The van der Waals surface area contributed by atoms with E-state index < -0.39 is 0 Å². The summed E-state index contributed by atoms with van der Waals surface area (Å²) in [7, 11) is 0. The molecule has 84 valence electrons. The lowest BCUT2D eigenvalue weighted by Gasteiger charge is -2.30. The summed E-state index contributed by atoms with van der Waals surface area (Å²) in [6.45, 7) is 10.8. The van der Waals surface area contributed by atoms with Gasteiger partial charge in [0.1, 0.15) is 0 Å². The van der Waals surface area contributed by atoms with Crippen molar-refractivity contribution < 1.29 is 4.79 Å². The summed E-state index contributed by atoms with van der Waals surface area (Å²) in [6, 6.07) is -0.0683. The maximum absolute atomic E-state index is 11.9. The Balaban J connectivity index is 4.45. The third kappa shape index (κ3) is 3.29. The SMILES string of the molecule is CCC(C)N(CC)C(=O)C(N)C(C)C. The van der Waals surface area contributed by atoms with Gasteiger partial charge in [-0.05, 0) is 26.2 Å². The van der Waals surface area contributed by atoms with Crippen LogP contribution in [0.1, 0.15) is 41.0 Å². The summed E-state index contributed by atoms with van der Waals surface area (Å²) in [5.74, 6) is 0.289. The zero-order valence-corrected chi connectivity index (χ0v) is 10.1. The van der Waals surface area contributed by atoms with Gasteiger partial charge in [-0.2, -0.15) is 0 Å². The monoisotopic (exact) mass is 200 g/mol. The molecular formula is C11H24N2O. The molecule has 0 aliphatic heterocycles. The lowest BCUT2D eigenvalue weighted by atomic mass is 10.0. The molecule has 0 aromatic carbocycles. The first-order chi connectivity index (χ1) is 6.45. The van der Waals surface area contributed by atoms with Gasteiger partial charge in [0.05, 0.1) is 6.04 Å². The highest BCUT2D eigenvalue weighted by Crippen LogP contribution is 2.09. The summed E-state index contributed by atoms with van der Waals surface area (Å²) < 4.78 is 0. The predicted octanol–water partition coefficient (Wildman–Crippen LogP) is 1.62. The van der Waals surface area contributed by atoms with Crippen LogP contribution in [0.2, 0.25) is 0 Å². The third-order valence-corrected chi connectivity index (χ3v) is 2.75. The second-order valence-electron chi connectivity index (χ2n) is 4.15. The summed E-state index contributed by atoms with van der Waals surface area (Å²) in [4.78, 5) is 13.8. The topological polar surface area (TPSA) is 46.3 Å². The molecule has 0 saturated carbocycles. The van der Waals surface area contributed by atoms with E-state index in [9.17, 15) is 4.79 Å². The molecule has 0 aromatic heterocycles. The van der Waals surface area contributed by atoms with Gasteiger partial charge < -0.3 is 10.6 Å². The first kappa shape index (κ1) is 13.4. The average molecular weight is 200 g/mol. The fraction of sp³-hybridized carbons (Fsp3) is 0.909. The van der Waals surface area contributed by atoms with Crippen molar-refractivity contribution in [3.8, 4) is 0 Å². The van der Waals surface area contributed by atoms with Gasteiger partial charge in [0.2, 0.25) is 5.91 Å². The van der Waals surface area contributed by atoms with Crippen molar-refractivity contribution >= 4 is 5.91 Å². The second kappa shape index (κ2) is 6.02. The van der Waals surface area contributed by atoms with Crippen molar-refractivity contribution in [2.24, 2.45) is 11.7 Å². The van der Waals surface area contributed by atoms with Crippen molar-refractivity contribution in [3.63, 3.8) is 0 Å². The Morgan fingerprint density at radius 2 is 1.79 bits per heavy atom. The van der Waals surface area contributed by atoms with Crippen LogP contribution in [0.3, 0.4) is 0 Å². The number of nitrogens with zero attached hydrogens (tertiary/aromatic N) is 1. The van der Waals surface area contributed by atoms with Crippen LogP contribution in [0.4, 0.5) is 0 Å². The average Bonchev–Trinajstić information content (AvgIpc) is 2.16. The zero-order valence-electron chi connectivity index (χ0n) is 10.1. The summed E-state index contributed by atoms with van der Waals surface area (Å²) >= 11 is 0. The van der Waals surface area contributed by atoms with Crippen LogP contribution >= 0.6 is 0 Å². The van der Waals surface area contributed by atoms with Crippen LogP contribution in [0.15, 0.2) is 0 Å². The Hall–Kier alpha value is -0.570. The Labute approximate surface area is 87.6 Å². The van der Waals surface area contributed by atoms with E-state index in [0.717, 1.165) is 13.0 Å². The molecule has 0 aliphatic rings. The standard InChI is InChI=1S/C11H24N2O/c1-6-9(5)13(7-2)11(14)10(12)8(3)4/h8-10H,6-7,12H2,1-5H3. The lowest BCUT2D eigenvalue weighted by molar-refractivity contribution is -0.135. The first-order valence-corrected chi connectivity index (χ1v) is 5.51. The van der Waals surface area contributed by atoms with Crippen molar-refractivity contribution in [2.45, 2.75) is 53.1 Å². The normalized spacial score (nSPS) is 15.4. The maximum atomic E-state index is 11.9. The number of hydrogen-bond donors (Lipinski definition) is 1. The number of carbonyl (C=O) groups excluding carboxylic acids is 1. The molecule has 2 unspecified atom stereocenters. The van der Waals surface area contributed by atoms with E-state index in [1.165, 1.54) is 0 Å². The number of amides is 1. The summed E-state index contributed by atoms with van der Waals surface area (Å²) in [6.07, 6.45) is 0.977. The molecule has 0 aromatic rings. The van der Waals surface area contributed by atoms with E-state index in [4.69, 9.17) is 5.73 Å². The molecule has 0 spiro atoms. The van der Waals surface area contributed by atoms with Crippen LogP contribution in [0, 0.1) is 5.92 Å². The fourth-order valence-electron chi connectivity index (χ4n) is 1.38. The minimum atomic E-state index is -0.357. The minimum Gasteiger partial charge on any atom is -0.339 e. The summed E-state index contributed by atoms with van der Waals surface area (Å²) in [5, 5.41) is 0. The minimum absolute atomic E-state index is 0.0804. The van der Waals surface area contributed by atoms with Gasteiger partial charge in [0.15, 0.2) is 0 Å². The highest BCUT2D eigenvalue weighted by atomic mass is 16.2. The van der Waals surface area contributed by atoms with Crippen molar-refractivity contribution in [1.29, 1.82) is 0 Å². The number of likely N-dealkylation sites (N-methyl/N-ethyl adjacent to an activating group) is 1.